The van der Waals surface area contributed by atoms with Gasteiger partial charge >= 0.3 is 11.9 Å². The molecular weight excluding hydrogens is 172 g/mol. The molecule has 2 rings (SSSR count). The first-order valence-corrected chi connectivity index (χ1v) is 4.29. The van der Waals surface area contributed by atoms with Crippen LogP contribution in [-0.2, 0) is 19.1 Å². The minimum Gasteiger partial charge on any atom is -0.428 e. The molecule has 70 valence electrons. The molecule has 0 spiro atoms. The molecule has 13 heavy (non-hydrogen) atoms. The van der Waals surface area contributed by atoms with E-state index in [1.807, 2.05) is 6.08 Å². The van der Waals surface area contributed by atoms with Crippen molar-refractivity contribution in [3.63, 3.8) is 0 Å². The summed E-state index contributed by atoms with van der Waals surface area (Å²) < 4.78 is 9.44. The lowest BCUT2D eigenvalue weighted by molar-refractivity contribution is -0.161. The van der Waals surface area contributed by atoms with Crippen molar-refractivity contribution >= 4 is 11.9 Å². The van der Waals surface area contributed by atoms with Crippen LogP contribution in [0.3, 0.4) is 0 Å². The van der Waals surface area contributed by atoms with Gasteiger partial charge in [-0.25, -0.2) is 0 Å². The Morgan fingerprint density at radius 3 is 2.85 bits per heavy atom. The maximum atomic E-state index is 11.3. The van der Waals surface area contributed by atoms with Gasteiger partial charge in [-0.05, 0) is 12.8 Å². The summed E-state index contributed by atoms with van der Waals surface area (Å²) in [5.41, 5.74) is 0. The van der Waals surface area contributed by atoms with Crippen LogP contribution in [0.15, 0.2) is 12.2 Å². The number of cyclic esters (lactones) is 2. The van der Waals surface area contributed by atoms with Crippen LogP contribution in [-0.4, -0.2) is 18.7 Å². The maximum Gasteiger partial charge on any atom is 0.316 e. The normalized spacial score (nSPS) is 32.9. The molecule has 4 nitrogen and oxygen atoms in total. The van der Waals surface area contributed by atoms with Crippen molar-refractivity contribution < 1.29 is 19.1 Å². The summed E-state index contributed by atoms with van der Waals surface area (Å²) in [4.78, 5) is 22.6. The molecule has 0 N–H and O–H groups in total. The van der Waals surface area contributed by atoms with Crippen LogP contribution in [0.2, 0.25) is 0 Å². The summed E-state index contributed by atoms with van der Waals surface area (Å²) in [6, 6.07) is 0. The molecule has 0 amide bonds. The van der Waals surface area contributed by atoms with Crippen LogP contribution in [0.1, 0.15) is 12.8 Å². The molecule has 0 aromatic heterocycles. The molecule has 1 aliphatic heterocycles. The quantitative estimate of drug-likeness (QED) is 0.407. The minimum absolute atomic E-state index is 0.238. The largest absolute Gasteiger partial charge is 0.428 e. The smallest absolute Gasteiger partial charge is 0.316 e. The van der Waals surface area contributed by atoms with E-state index in [1.54, 1.807) is 6.08 Å². The molecule has 2 aliphatic rings. The zero-order chi connectivity index (χ0) is 9.26. The number of esters is 2. The number of carbonyl (C=O) groups excluding carboxylic acids is 2. The molecular formula is C9H10O4. The van der Waals surface area contributed by atoms with Crippen molar-refractivity contribution in [2.45, 2.75) is 12.8 Å². The number of fused-ring (bicyclic) bond motifs is 1. The van der Waals surface area contributed by atoms with E-state index in [9.17, 15) is 9.59 Å². The molecule has 0 aromatic carbocycles. The Kier molecular flexibility index (Phi) is 2.04. The molecule has 2 unspecified atom stereocenters. The molecule has 1 saturated heterocycles. The Labute approximate surface area is 75.5 Å². The second-order valence-corrected chi connectivity index (χ2v) is 3.18. The average Bonchev–Trinajstić information content (AvgIpc) is 2.29. The van der Waals surface area contributed by atoms with Gasteiger partial charge in [-0.3, -0.25) is 9.59 Å². The Morgan fingerprint density at radius 2 is 2.00 bits per heavy atom. The first-order valence-electron chi connectivity index (χ1n) is 4.29. The first-order chi connectivity index (χ1) is 6.29. The van der Waals surface area contributed by atoms with Crippen LogP contribution in [0.4, 0.5) is 0 Å². The van der Waals surface area contributed by atoms with E-state index < -0.39 is 5.92 Å². The third kappa shape index (κ3) is 1.43. The van der Waals surface area contributed by atoms with E-state index in [2.05, 4.69) is 0 Å². The maximum absolute atomic E-state index is 11.3. The lowest BCUT2D eigenvalue weighted by atomic mass is 9.84. The highest BCUT2D eigenvalue weighted by molar-refractivity contribution is 5.85. The van der Waals surface area contributed by atoms with Crippen molar-refractivity contribution in [3.05, 3.63) is 12.2 Å². The monoisotopic (exact) mass is 182 g/mol. The second-order valence-electron chi connectivity index (χ2n) is 3.18. The third-order valence-corrected chi connectivity index (χ3v) is 2.40. The molecule has 4 heteroatoms. The molecule has 0 bridgehead atoms. The van der Waals surface area contributed by atoms with Gasteiger partial charge in [0, 0.05) is 0 Å². The molecule has 0 saturated carbocycles. The fourth-order valence-electron chi connectivity index (χ4n) is 1.69. The fourth-order valence-corrected chi connectivity index (χ4v) is 1.69. The van der Waals surface area contributed by atoms with E-state index in [0.717, 1.165) is 6.42 Å². The summed E-state index contributed by atoms with van der Waals surface area (Å²) in [6.07, 6.45) is 5.14. The molecule has 0 aromatic rings. The van der Waals surface area contributed by atoms with Gasteiger partial charge in [-0.1, -0.05) is 12.2 Å². The third-order valence-electron chi connectivity index (χ3n) is 2.40. The van der Waals surface area contributed by atoms with Gasteiger partial charge in [0.25, 0.3) is 0 Å². The molecule has 0 radical (unpaired) electrons. The molecule has 2 atom stereocenters. The highest BCUT2D eigenvalue weighted by Crippen LogP contribution is 2.28. The lowest BCUT2D eigenvalue weighted by Crippen LogP contribution is -2.28. The van der Waals surface area contributed by atoms with Crippen molar-refractivity contribution in [3.8, 4) is 0 Å². The number of allylic oxidation sites excluding steroid dienone is 1. The van der Waals surface area contributed by atoms with Crippen molar-refractivity contribution in [1.29, 1.82) is 0 Å². The van der Waals surface area contributed by atoms with Crippen LogP contribution in [0.5, 0.6) is 0 Å². The number of ether oxygens (including phenoxy) is 2. The highest BCUT2D eigenvalue weighted by Gasteiger charge is 2.37. The Balaban J connectivity index is 2.26. The van der Waals surface area contributed by atoms with E-state index >= 15 is 0 Å². The number of carbonyl (C=O) groups is 2. The minimum atomic E-state index is -0.427. The van der Waals surface area contributed by atoms with Crippen LogP contribution in [0, 0.1) is 11.8 Å². The van der Waals surface area contributed by atoms with Gasteiger partial charge in [0.05, 0.1) is 11.8 Å². The predicted octanol–water partition coefficient (Wildman–Crippen LogP) is 0.626. The van der Waals surface area contributed by atoms with Gasteiger partial charge in [-0.2, -0.15) is 0 Å². The van der Waals surface area contributed by atoms with Gasteiger partial charge < -0.3 is 9.47 Å². The summed E-state index contributed by atoms with van der Waals surface area (Å²) in [7, 11) is 0. The van der Waals surface area contributed by atoms with Crippen molar-refractivity contribution in [2.75, 3.05) is 6.79 Å². The Bertz CT molecular complexity index is 269. The standard InChI is InChI=1S/C9H10O4/c10-8-6-3-1-2-4-7(6)9(11)13-5-12-8/h1,3,6-7H,2,4-5H2. The van der Waals surface area contributed by atoms with E-state index in [1.165, 1.54) is 0 Å². The van der Waals surface area contributed by atoms with E-state index in [4.69, 9.17) is 9.47 Å². The zero-order valence-corrected chi connectivity index (χ0v) is 7.06. The number of hydrogen-bond acceptors (Lipinski definition) is 4. The van der Waals surface area contributed by atoms with Crippen LogP contribution >= 0.6 is 0 Å². The fraction of sp³-hybridized carbons (Fsp3) is 0.556. The second kappa shape index (κ2) is 3.20. The summed E-state index contributed by atoms with van der Waals surface area (Å²) in [5, 5.41) is 0. The topological polar surface area (TPSA) is 52.6 Å². The van der Waals surface area contributed by atoms with Gasteiger partial charge in [-0.15, -0.1) is 0 Å². The Morgan fingerprint density at radius 1 is 1.23 bits per heavy atom. The average molecular weight is 182 g/mol. The molecule has 1 fully saturated rings. The number of rotatable bonds is 0. The van der Waals surface area contributed by atoms with Gasteiger partial charge in [0.15, 0.2) is 0 Å². The van der Waals surface area contributed by atoms with Crippen molar-refractivity contribution in [1.82, 2.24) is 0 Å². The van der Waals surface area contributed by atoms with Crippen molar-refractivity contribution in [2.24, 2.45) is 11.8 Å². The lowest BCUT2D eigenvalue weighted by Gasteiger charge is -2.19. The summed E-state index contributed by atoms with van der Waals surface area (Å²) in [5.74, 6) is -1.43. The van der Waals surface area contributed by atoms with Crippen LogP contribution < -0.4 is 0 Å². The first kappa shape index (κ1) is 8.29. The summed E-state index contributed by atoms with van der Waals surface area (Å²) >= 11 is 0. The van der Waals surface area contributed by atoms with E-state index in [-0.39, 0.29) is 24.6 Å². The Hall–Kier alpha value is -1.32. The zero-order valence-electron chi connectivity index (χ0n) is 7.06. The van der Waals surface area contributed by atoms with Gasteiger partial charge in [0.2, 0.25) is 6.79 Å². The van der Waals surface area contributed by atoms with Crippen LogP contribution in [0.25, 0.3) is 0 Å². The van der Waals surface area contributed by atoms with Gasteiger partial charge in [0.1, 0.15) is 0 Å². The predicted molar refractivity (Wildman–Crippen MR) is 42.4 cm³/mol. The SMILES string of the molecule is O=C1OCOC(=O)C2CCC=CC12. The highest BCUT2D eigenvalue weighted by atomic mass is 16.7. The van der Waals surface area contributed by atoms with E-state index in [0.29, 0.717) is 6.42 Å². The number of hydrogen-bond donors (Lipinski definition) is 0. The molecule has 1 aliphatic carbocycles. The molecule has 1 heterocycles. The summed E-state index contributed by atoms with van der Waals surface area (Å²) in [6.45, 7) is -0.238.